The van der Waals surface area contributed by atoms with Crippen molar-refractivity contribution in [3.05, 3.63) is 112 Å². The number of furan rings is 1. The molecule has 9 nitrogen and oxygen atoms in total. The molecule has 0 fully saturated rings. The Hall–Kier alpha value is -4.96. The Labute approximate surface area is 222 Å². The van der Waals surface area contributed by atoms with Crippen LogP contribution < -0.4 is 20.2 Å². The van der Waals surface area contributed by atoms with Crippen molar-refractivity contribution in [2.45, 2.75) is 6.92 Å². The molecule has 192 valence electrons. The van der Waals surface area contributed by atoms with Crippen LogP contribution in [0.4, 0.5) is 0 Å². The maximum absolute atomic E-state index is 12.9. The summed E-state index contributed by atoms with van der Waals surface area (Å²) in [6, 6.07) is 20.1. The number of rotatable bonds is 10. The van der Waals surface area contributed by atoms with Gasteiger partial charge in [-0.05, 0) is 72.5 Å². The first-order valence-corrected chi connectivity index (χ1v) is 12.4. The van der Waals surface area contributed by atoms with Gasteiger partial charge in [-0.2, -0.15) is 5.10 Å². The number of hydrogen-bond acceptors (Lipinski definition) is 8. The molecule has 2 amide bonds. The van der Waals surface area contributed by atoms with Crippen LogP contribution in [0.25, 0.3) is 6.08 Å². The van der Waals surface area contributed by atoms with Crippen LogP contribution in [0.3, 0.4) is 0 Å². The molecule has 10 heteroatoms. The average Bonchev–Trinajstić information content (AvgIpc) is 3.65. The molecule has 0 aliphatic heterocycles. The van der Waals surface area contributed by atoms with Gasteiger partial charge in [-0.15, -0.1) is 11.3 Å². The van der Waals surface area contributed by atoms with Crippen molar-refractivity contribution in [2.24, 2.45) is 5.10 Å². The Balaban J connectivity index is 1.46. The van der Waals surface area contributed by atoms with Gasteiger partial charge < -0.3 is 19.2 Å². The molecule has 4 rings (SSSR count). The first-order chi connectivity index (χ1) is 18.5. The molecule has 0 aliphatic rings. The van der Waals surface area contributed by atoms with E-state index >= 15 is 0 Å². The van der Waals surface area contributed by atoms with Crippen LogP contribution in [0.5, 0.6) is 11.5 Å². The number of nitrogens with zero attached hydrogens (tertiary/aromatic N) is 1. The Kier molecular flexibility index (Phi) is 8.82. The molecule has 0 saturated carbocycles. The lowest BCUT2D eigenvalue weighted by atomic mass is 10.2. The van der Waals surface area contributed by atoms with E-state index in [1.165, 1.54) is 29.9 Å². The smallest absolute Gasteiger partial charge is 0.379 e. The minimum atomic E-state index is -0.660. The van der Waals surface area contributed by atoms with E-state index in [9.17, 15) is 14.4 Å². The number of ether oxygens (including phenoxy) is 2. The van der Waals surface area contributed by atoms with Crippen molar-refractivity contribution in [1.82, 2.24) is 10.7 Å². The molecule has 0 saturated heterocycles. The highest BCUT2D eigenvalue weighted by molar-refractivity contribution is 7.10. The third kappa shape index (κ3) is 7.05. The number of carbonyl (C=O) groups is 3. The van der Waals surface area contributed by atoms with Gasteiger partial charge in [0.25, 0.3) is 11.8 Å². The number of hydrazone groups is 1. The van der Waals surface area contributed by atoms with Crippen LogP contribution >= 0.6 is 11.3 Å². The number of thiophene rings is 1. The summed E-state index contributed by atoms with van der Waals surface area (Å²) in [6.45, 7) is 2.13. The monoisotopic (exact) mass is 529 g/mol. The topological polar surface area (TPSA) is 119 Å². The lowest BCUT2D eigenvalue weighted by Crippen LogP contribution is -2.32. The predicted octanol–water partition coefficient (Wildman–Crippen LogP) is 4.88. The van der Waals surface area contributed by atoms with E-state index in [0.29, 0.717) is 23.5 Å². The SMILES string of the molecule is CCOc1cc(/C=N\NC(=O)/C(=C\c2cccs2)NC(=O)c2ccccc2)ccc1OC(=O)c1ccco1. The number of nitrogens with one attached hydrogen (secondary N) is 2. The number of benzene rings is 2. The Morgan fingerprint density at radius 2 is 1.84 bits per heavy atom. The molecule has 0 bridgehead atoms. The van der Waals surface area contributed by atoms with Crippen molar-refractivity contribution < 1.29 is 28.3 Å². The van der Waals surface area contributed by atoms with Gasteiger partial charge in [0.15, 0.2) is 11.5 Å². The van der Waals surface area contributed by atoms with Gasteiger partial charge >= 0.3 is 5.97 Å². The Bertz CT molecular complexity index is 1450. The number of hydrogen-bond donors (Lipinski definition) is 2. The summed E-state index contributed by atoms with van der Waals surface area (Å²) in [7, 11) is 0. The fourth-order valence-corrected chi connectivity index (χ4v) is 3.84. The van der Waals surface area contributed by atoms with Gasteiger partial charge in [-0.3, -0.25) is 9.59 Å². The van der Waals surface area contributed by atoms with Gasteiger partial charge in [0.05, 0.1) is 19.1 Å². The quantitative estimate of drug-likeness (QED) is 0.0994. The van der Waals surface area contributed by atoms with Gasteiger partial charge in [-0.1, -0.05) is 24.3 Å². The maximum Gasteiger partial charge on any atom is 0.379 e. The molecule has 2 aromatic heterocycles. The molecule has 4 aromatic rings. The fraction of sp³-hybridized carbons (Fsp3) is 0.0714. The van der Waals surface area contributed by atoms with Crippen LogP contribution in [0.15, 0.2) is 99.7 Å². The van der Waals surface area contributed by atoms with Crippen LogP contribution in [-0.2, 0) is 4.79 Å². The van der Waals surface area contributed by atoms with Crippen molar-refractivity contribution in [2.75, 3.05) is 6.61 Å². The third-order valence-corrected chi connectivity index (χ3v) is 5.75. The zero-order valence-electron chi connectivity index (χ0n) is 20.2. The molecule has 0 aliphatic carbocycles. The second-order valence-corrected chi connectivity index (χ2v) is 8.58. The number of amides is 2. The molecule has 0 atom stereocenters. The fourth-order valence-electron chi connectivity index (χ4n) is 3.19. The average molecular weight is 530 g/mol. The minimum absolute atomic E-state index is 0.0358. The van der Waals surface area contributed by atoms with Crippen molar-refractivity contribution in [3.63, 3.8) is 0 Å². The highest BCUT2D eigenvalue weighted by Gasteiger charge is 2.16. The summed E-state index contributed by atoms with van der Waals surface area (Å²) in [6.07, 6.45) is 4.36. The Morgan fingerprint density at radius 3 is 2.55 bits per heavy atom. The summed E-state index contributed by atoms with van der Waals surface area (Å²) in [4.78, 5) is 38.5. The first-order valence-electron chi connectivity index (χ1n) is 11.5. The standard InChI is InChI=1S/C28H23N3O6S/c1-2-35-25-16-19(12-13-23(25)37-28(34)24-11-6-14-36-24)18-29-31-27(33)22(17-21-10-7-15-38-21)30-26(32)20-8-4-3-5-9-20/h3-18H,2H2,1H3,(H,30,32)(H,31,33)/b22-17+,29-18-. The molecule has 2 N–H and O–H groups in total. The second-order valence-electron chi connectivity index (χ2n) is 7.60. The largest absolute Gasteiger partial charge is 0.490 e. The summed E-state index contributed by atoms with van der Waals surface area (Å²) in [5, 5.41) is 8.53. The van der Waals surface area contributed by atoms with E-state index in [1.807, 2.05) is 17.5 Å². The van der Waals surface area contributed by atoms with Gasteiger partial charge in [0, 0.05) is 10.4 Å². The zero-order valence-corrected chi connectivity index (χ0v) is 21.1. The summed E-state index contributed by atoms with van der Waals surface area (Å²) < 4.78 is 16.0. The highest BCUT2D eigenvalue weighted by Crippen LogP contribution is 2.29. The van der Waals surface area contributed by atoms with Crippen LogP contribution in [0.2, 0.25) is 0 Å². The van der Waals surface area contributed by atoms with E-state index in [0.717, 1.165) is 4.88 Å². The number of esters is 1. The summed E-state index contributed by atoms with van der Waals surface area (Å²) in [5.74, 6) is -1.10. The van der Waals surface area contributed by atoms with E-state index in [-0.39, 0.29) is 17.2 Å². The van der Waals surface area contributed by atoms with Crippen LogP contribution in [0.1, 0.15) is 38.3 Å². The third-order valence-electron chi connectivity index (χ3n) is 4.93. The minimum Gasteiger partial charge on any atom is -0.490 e. The molecule has 2 aromatic carbocycles. The molecule has 0 spiro atoms. The lowest BCUT2D eigenvalue weighted by molar-refractivity contribution is -0.117. The zero-order chi connectivity index (χ0) is 26.7. The van der Waals surface area contributed by atoms with Crippen molar-refractivity contribution in [1.29, 1.82) is 0 Å². The summed E-state index contributed by atoms with van der Waals surface area (Å²) in [5.41, 5.74) is 3.45. The highest BCUT2D eigenvalue weighted by atomic mass is 32.1. The van der Waals surface area contributed by atoms with E-state index in [1.54, 1.807) is 67.6 Å². The molecule has 0 radical (unpaired) electrons. The van der Waals surface area contributed by atoms with Crippen LogP contribution in [0, 0.1) is 0 Å². The van der Waals surface area contributed by atoms with Gasteiger partial charge in [-0.25, -0.2) is 10.2 Å². The molecular weight excluding hydrogens is 506 g/mol. The van der Waals surface area contributed by atoms with E-state index in [4.69, 9.17) is 13.9 Å². The second kappa shape index (κ2) is 12.8. The Morgan fingerprint density at radius 1 is 1.00 bits per heavy atom. The summed E-state index contributed by atoms with van der Waals surface area (Å²) >= 11 is 1.42. The normalized spacial score (nSPS) is 11.2. The van der Waals surface area contributed by atoms with Crippen molar-refractivity contribution in [3.8, 4) is 11.5 Å². The molecule has 0 unspecified atom stereocenters. The molecule has 38 heavy (non-hydrogen) atoms. The van der Waals surface area contributed by atoms with E-state index < -0.39 is 17.8 Å². The van der Waals surface area contributed by atoms with Crippen molar-refractivity contribution >= 4 is 41.4 Å². The first kappa shape index (κ1) is 26.1. The molecular formula is C28H23N3O6S. The van der Waals surface area contributed by atoms with E-state index in [2.05, 4.69) is 15.8 Å². The van der Waals surface area contributed by atoms with Crippen LogP contribution in [-0.4, -0.2) is 30.6 Å². The number of carbonyl (C=O) groups excluding carboxylic acids is 3. The predicted molar refractivity (Wildman–Crippen MR) is 143 cm³/mol. The molecule has 2 heterocycles. The van der Waals surface area contributed by atoms with Gasteiger partial charge in [0.1, 0.15) is 5.70 Å². The maximum atomic E-state index is 12.9. The van der Waals surface area contributed by atoms with Gasteiger partial charge in [0.2, 0.25) is 5.76 Å². The lowest BCUT2D eigenvalue weighted by Gasteiger charge is -2.11.